The molecule has 6 heteroatoms. The van der Waals surface area contributed by atoms with Crippen LogP contribution in [0.25, 0.3) is 0 Å². The van der Waals surface area contributed by atoms with Crippen molar-refractivity contribution in [3.05, 3.63) is 6.07 Å². The Bertz CT molecular complexity index is 455. The van der Waals surface area contributed by atoms with Crippen LogP contribution in [0.15, 0.2) is 30.6 Å². The molecule has 0 aliphatic rings. The number of benzene rings is 1. The molecular weight excluding hydrogens is 290 g/mol. The van der Waals surface area contributed by atoms with E-state index in [4.69, 9.17) is 0 Å². The molecular formula is C11H13NOS4. The van der Waals surface area contributed by atoms with Crippen LogP contribution in [-0.4, -0.2) is 31.1 Å². The largest absolute Gasteiger partial charge is 0.240 e. The topological polar surface area (TPSA) is 29.4 Å². The lowest BCUT2D eigenvalue weighted by molar-refractivity contribution is 0.565. The number of hydrogen-bond donors (Lipinski definition) is 0. The summed E-state index contributed by atoms with van der Waals surface area (Å²) < 4.78 is 0. The molecule has 0 saturated heterocycles. The smallest absolute Gasteiger partial charge is 0.211 e. The highest BCUT2D eigenvalue weighted by Gasteiger charge is 2.16. The highest BCUT2D eigenvalue weighted by molar-refractivity contribution is 8.04. The number of carbonyl (C=O) groups excluding carboxylic acids is 1. The summed E-state index contributed by atoms with van der Waals surface area (Å²) in [6.07, 6.45) is 9.79. The molecule has 0 bridgehead atoms. The molecule has 0 saturated carbocycles. The van der Waals surface area contributed by atoms with E-state index < -0.39 is 0 Å². The van der Waals surface area contributed by atoms with Crippen molar-refractivity contribution in [1.82, 2.24) is 0 Å². The Labute approximate surface area is 119 Å². The fourth-order valence-electron chi connectivity index (χ4n) is 1.45. The third-order valence-electron chi connectivity index (χ3n) is 2.14. The van der Waals surface area contributed by atoms with E-state index in [2.05, 4.69) is 11.2 Å². The van der Waals surface area contributed by atoms with Gasteiger partial charge in [-0.15, -0.1) is 47.0 Å². The molecule has 0 aliphatic carbocycles. The fraction of sp³-hybridized carbons (Fsp3) is 0.364. The first-order chi connectivity index (χ1) is 8.23. The third kappa shape index (κ3) is 3.26. The second-order valence-electron chi connectivity index (χ2n) is 2.90. The monoisotopic (exact) mass is 303 g/mol. The molecule has 0 heterocycles. The highest BCUT2D eigenvalue weighted by Crippen LogP contribution is 2.46. The molecule has 0 radical (unpaired) electrons. The highest BCUT2D eigenvalue weighted by atomic mass is 32.2. The van der Waals surface area contributed by atoms with E-state index in [1.807, 2.05) is 24.8 Å². The maximum absolute atomic E-state index is 10.5. The lowest BCUT2D eigenvalue weighted by Crippen LogP contribution is -1.87. The van der Waals surface area contributed by atoms with Gasteiger partial charge in [-0.05, 0) is 31.1 Å². The minimum Gasteiger partial charge on any atom is -0.211 e. The van der Waals surface area contributed by atoms with Crippen molar-refractivity contribution in [3.63, 3.8) is 0 Å². The summed E-state index contributed by atoms with van der Waals surface area (Å²) in [5.74, 6) is 0. The van der Waals surface area contributed by atoms with Gasteiger partial charge in [-0.1, -0.05) is 0 Å². The number of nitrogens with zero attached hydrogens (tertiary/aromatic N) is 1. The van der Waals surface area contributed by atoms with E-state index in [1.165, 1.54) is 9.79 Å². The Morgan fingerprint density at radius 1 is 0.941 bits per heavy atom. The van der Waals surface area contributed by atoms with Gasteiger partial charge in [0.25, 0.3) is 0 Å². The first-order valence-electron chi connectivity index (χ1n) is 4.68. The molecule has 0 spiro atoms. The van der Waals surface area contributed by atoms with Gasteiger partial charge in [0.1, 0.15) is 0 Å². The van der Waals surface area contributed by atoms with E-state index in [9.17, 15) is 4.79 Å². The van der Waals surface area contributed by atoms with Crippen LogP contribution in [0.1, 0.15) is 0 Å². The summed E-state index contributed by atoms with van der Waals surface area (Å²) in [7, 11) is 0. The van der Waals surface area contributed by atoms with Crippen molar-refractivity contribution in [2.45, 2.75) is 19.6 Å². The van der Waals surface area contributed by atoms with E-state index in [0.29, 0.717) is 0 Å². The van der Waals surface area contributed by atoms with Gasteiger partial charge < -0.3 is 0 Å². The van der Waals surface area contributed by atoms with Crippen LogP contribution < -0.4 is 0 Å². The summed E-state index contributed by atoms with van der Waals surface area (Å²) in [5.41, 5.74) is 0.721. The van der Waals surface area contributed by atoms with Gasteiger partial charge in [-0.25, -0.2) is 4.79 Å². The minimum atomic E-state index is 0.721. The normalized spacial score (nSPS) is 10.1. The maximum atomic E-state index is 10.5. The number of rotatable bonds is 5. The Balaban J connectivity index is 3.59. The quantitative estimate of drug-likeness (QED) is 0.452. The summed E-state index contributed by atoms with van der Waals surface area (Å²) in [6.45, 7) is 0. The van der Waals surface area contributed by atoms with Crippen molar-refractivity contribution >= 4 is 58.8 Å². The predicted molar refractivity (Wildman–Crippen MR) is 81.3 cm³/mol. The van der Waals surface area contributed by atoms with Crippen LogP contribution in [0.4, 0.5) is 5.69 Å². The zero-order chi connectivity index (χ0) is 12.8. The molecule has 17 heavy (non-hydrogen) atoms. The van der Waals surface area contributed by atoms with Gasteiger partial charge >= 0.3 is 0 Å². The van der Waals surface area contributed by atoms with Crippen LogP contribution in [0.3, 0.4) is 0 Å². The minimum absolute atomic E-state index is 0.721. The number of thioether (sulfide) groups is 4. The van der Waals surface area contributed by atoms with E-state index in [0.717, 1.165) is 15.5 Å². The zero-order valence-corrected chi connectivity index (χ0v) is 13.3. The van der Waals surface area contributed by atoms with Crippen LogP contribution in [0.5, 0.6) is 0 Å². The summed E-state index contributed by atoms with van der Waals surface area (Å²) >= 11 is 6.72. The molecule has 1 aromatic carbocycles. The van der Waals surface area contributed by atoms with Gasteiger partial charge in [0.15, 0.2) is 0 Å². The molecule has 0 fully saturated rings. The Hall–Kier alpha value is -0.000000000000000222. The zero-order valence-electron chi connectivity index (χ0n) is 10.1. The molecule has 1 rings (SSSR count). The van der Waals surface area contributed by atoms with Crippen molar-refractivity contribution < 1.29 is 4.79 Å². The maximum Gasteiger partial charge on any atom is 0.240 e. The van der Waals surface area contributed by atoms with Crippen LogP contribution in [0, 0.1) is 0 Å². The number of isocyanates is 1. The first kappa shape index (κ1) is 15.1. The number of hydrogen-bond acceptors (Lipinski definition) is 6. The summed E-state index contributed by atoms with van der Waals surface area (Å²) in [6, 6.07) is 1.97. The van der Waals surface area contributed by atoms with E-state index >= 15 is 0 Å². The lowest BCUT2D eigenvalue weighted by atomic mass is 10.3. The van der Waals surface area contributed by atoms with Gasteiger partial charge in [0.2, 0.25) is 6.08 Å². The van der Waals surface area contributed by atoms with Crippen molar-refractivity contribution in [3.8, 4) is 0 Å². The van der Waals surface area contributed by atoms with Gasteiger partial charge in [-0.2, -0.15) is 4.99 Å². The lowest BCUT2D eigenvalue weighted by Gasteiger charge is -2.15. The Morgan fingerprint density at radius 2 is 1.53 bits per heavy atom. The Morgan fingerprint density at radius 3 is 1.94 bits per heavy atom. The number of aliphatic imine (C=N–C) groups is 1. The summed E-state index contributed by atoms with van der Waals surface area (Å²) in [4.78, 5) is 19.0. The van der Waals surface area contributed by atoms with Crippen molar-refractivity contribution in [1.29, 1.82) is 0 Å². The second-order valence-corrected chi connectivity index (χ2v) is 6.20. The fourth-order valence-corrected chi connectivity index (χ4v) is 5.33. The molecule has 0 N–H and O–H groups in total. The Kier molecular flexibility index (Phi) is 6.59. The van der Waals surface area contributed by atoms with E-state index in [1.54, 1.807) is 53.1 Å². The average Bonchev–Trinajstić information content (AvgIpc) is 2.37. The molecule has 2 nitrogen and oxygen atoms in total. The average molecular weight is 303 g/mol. The molecule has 0 amide bonds. The van der Waals surface area contributed by atoms with Gasteiger partial charge in [-0.3, -0.25) is 0 Å². The summed E-state index contributed by atoms with van der Waals surface area (Å²) in [5, 5.41) is 0. The first-order valence-corrected chi connectivity index (χ1v) is 9.58. The third-order valence-corrected chi connectivity index (χ3v) is 5.75. The SMILES string of the molecule is CSc1cc(N=C=O)c(SC)c(SC)c1SC. The molecule has 0 aliphatic heterocycles. The standard InChI is InChI=1S/C11H13NOS4/c1-14-8-5-7(12-6-13)9(15-2)11(17-4)10(8)16-3/h5H,1-4H3. The van der Waals surface area contributed by atoms with Crippen molar-refractivity contribution in [2.24, 2.45) is 4.99 Å². The van der Waals surface area contributed by atoms with Gasteiger partial charge in [0.05, 0.1) is 5.69 Å². The van der Waals surface area contributed by atoms with E-state index in [-0.39, 0.29) is 0 Å². The predicted octanol–water partition coefficient (Wildman–Crippen LogP) is 4.54. The van der Waals surface area contributed by atoms with Crippen molar-refractivity contribution in [2.75, 3.05) is 25.0 Å². The molecule has 92 valence electrons. The second kappa shape index (κ2) is 7.44. The van der Waals surface area contributed by atoms with Gasteiger partial charge in [0, 0.05) is 19.6 Å². The molecule has 1 aromatic rings. The molecule has 0 aromatic heterocycles. The molecule has 0 unspecified atom stereocenters. The van der Waals surface area contributed by atoms with Crippen LogP contribution in [-0.2, 0) is 4.79 Å². The van der Waals surface area contributed by atoms with Crippen LogP contribution in [0.2, 0.25) is 0 Å². The molecule has 0 atom stereocenters. The van der Waals surface area contributed by atoms with Crippen LogP contribution >= 0.6 is 47.0 Å².